The SMILES string of the molecule is Cc1ccc2c(n1)N(C)[C@H](CO)CCN(Cc1ccncc1)C2. The standard InChI is InChI=1S/C18H24N4O/c1-14-3-4-16-12-22(11-15-5-8-19-9-6-15)10-7-17(13-23)21(2)18(16)20-14/h3-6,8-9,17,23H,7,10-13H2,1-2H3/t17-/m0/s1. The highest BCUT2D eigenvalue weighted by molar-refractivity contribution is 5.48. The van der Waals surface area contributed by atoms with Crippen LogP contribution in [0.3, 0.4) is 0 Å². The lowest BCUT2D eigenvalue weighted by molar-refractivity contribution is 0.205. The fourth-order valence-corrected chi connectivity index (χ4v) is 3.11. The van der Waals surface area contributed by atoms with Crippen molar-refractivity contribution < 1.29 is 5.11 Å². The van der Waals surface area contributed by atoms with Gasteiger partial charge in [-0.3, -0.25) is 9.88 Å². The van der Waals surface area contributed by atoms with Crippen LogP contribution in [0.25, 0.3) is 0 Å². The molecule has 1 aliphatic heterocycles. The zero-order chi connectivity index (χ0) is 16.2. The zero-order valence-electron chi connectivity index (χ0n) is 13.8. The Morgan fingerprint density at radius 2 is 2.00 bits per heavy atom. The quantitative estimate of drug-likeness (QED) is 0.939. The number of anilines is 1. The Balaban J connectivity index is 1.88. The molecule has 5 heteroatoms. The zero-order valence-corrected chi connectivity index (χ0v) is 13.8. The Morgan fingerprint density at radius 1 is 1.22 bits per heavy atom. The normalized spacial score (nSPS) is 19.1. The second-order valence-corrected chi connectivity index (χ2v) is 6.24. The van der Waals surface area contributed by atoms with Crippen molar-refractivity contribution in [1.29, 1.82) is 0 Å². The molecule has 122 valence electrons. The van der Waals surface area contributed by atoms with Crippen molar-refractivity contribution in [3.63, 3.8) is 0 Å². The maximum absolute atomic E-state index is 9.75. The average Bonchev–Trinajstić information content (AvgIpc) is 2.56. The van der Waals surface area contributed by atoms with Crippen LogP contribution in [0.1, 0.15) is 23.2 Å². The second kappa shape index (κ2) is 7.06. The van der Waals surface area contributed by atoms with E-state index in [0.717, 1.165) is 37.6 Å². The smallest absolute Gasteiger partial charge is 0.133 e. The monoisotopic (exact) mass is 312 g/mol. The molecule has 0 saturated carbocycles. The summed E-state index contributed by atoms with van der Waals surface area (Å²) >= 11 is 0. The van der Waals surface area contributed by atoms with Gasteiger partial charge in [0.25, 0.3) is 0 Å². The number of hydrogen-bond donors (Lipinski definition) is 1. The summed E-state index contributed by atoms with van der Waals surface area (Å²) < 4.78 is 0. The number of aliphatic hydroxyl groups excluding tert-OH is 1. The summed E-state index contributed by atoms with van der Waals surface area (Å²) in [6.07, 6.45) is 4.60. The fraction of sp³-hybridized carbons (Fsp3) is 0.444. The highest BCUT2D eigenvalue weighted by Gasteiger charge is 2.23. The molecule has 2 aromatic heterocycles. The summed E-state index contributed by atoms with van der Waals surface area (Å²) in [5.41, 5.74) is 3.48. The molecule has 3 rings (SSSR count). The summed E-state index contributed by atoms with van der Waals surface area (Å²) in [7, 11) is 2.03. The van der Waals surface area contributed by atoms with Crippen LogP contribution in [0.5, 0.6) is 0 Å². The van der Waals surface area contributed by atoms with Gasteiger partial charge in [-0.1, -0.05) is 6.07 Å². The molecule has 0 saturated heterocycles. The van der Waals surface area contributed by atoms with E-state index in [-0.39, 0.29) is 12.6 Å². The van der Waals surface area contributed by atoms with Gasteiger partial charge in [-0.25, -0.2) is 4.98 Å². The van der Waals surface area contributed by atoms with Gasteiger partial charge in [-0.15, -0.1) is 0 Å². The number of aliphatic hydroxyl groups is 1. The van der Waals surface area contributed by atoms with E-state index in [0.29, 0.717) is 0 Å². The molecule has 0 aromatic carbocycles. The van der Waals surface area contributed by atoms with Gasteiger partial charge in [0.05, 0.1) is 12.6 Å². The largest absolute Gasteiger partial charge is 0.394 e. The summed E-state index contributed by atoms with van der Waals surface area (Å²) in [5.74, 6) is 0.989. The number of fused-ring (bicyclic) bond motifs is 1. The highest BCUT2D eigenvalue weighted by atomic mass is 16.3. The first-order valence-electron chi connectivity index (χ1n) is 8.09. The fourth-order valence-electron chi connectivity index (χ4n) is 3.11. The first-order chi connectivity index (χ1) is 11.2. The molecule has 1 atom stereocenters. The lowest BCUT2D eigenvalue weighted by Crippen LogP contribution is -2.41. The summed E-state index contributed by atoms with van der Waals surface area (Å²) in [6, 6.07) is 8.44. The molecule has 1 aliphatic rings. The van der Waals surface area contributed by atoms with Crippen LogP contribution in [0, 0.1) is 6.92 Å². The average molecular weight is 312 g/mol. The summed E-state index contributed by atoms with van der Waals surface area (Å²) in [5, 5.41) is 9.75. The van der Waals surface area contributed by atoms with Gasteiger partial charge in [0.15, 0.2) is 0 Å². The van der Waals surface area contributed by atoms with Crippen molar-refractivity contribution in [2.45, 2.75) is 32.5 Å². The van der Waals surface area contributed by atoms with E-state index in [9.17, 15) is 5.11 Å². The van der Waals surface area contributed by atoms with E-state index in [1.807, 2.05) is 26.4 Å². The third-order valence-electron chi connectivity index (χ3n) is 4.52. The molecule has 3 heterocycles. The van der Waals surface area contributed by atoms with Crippen LogP contribution in [0.15, 0.2) is 36.7 Å². The maximum atomic E-state index is 9.75. The van der Waals surface area contributed by atoms with Gasteiger partial charge in [-0.05, 0) is 37.1 Å². The molecular weight excluding hydrogens is 288 g/mol. The number of nitrogens with zero attached hydrogens (tertiary/aromatic N) is 4. The molecule has 0 aliphatic carbocycles. The topological polar surface area (TPSA) is 52.5 Å². The van der Waals surface area contributed by atoms with Crippen LogP contribution in [-0.4, -0.2) is 46.2 Å². The van der Waals surface area contributed by atoms with Crippen molar-refractivity contribution in [3.8, 4) is 0 Å². The molecule has 0 radical (unpaired) electrons. The second-order valence-electron chi connectivity index (χ2n) is 6.24. The van der Waals surface area contributed by atoms with Gasteiger partial charge < -0.3 is 10.0 Å². The number of hydrogen-bond acceptors (Lipinski definition) is 5. The van der Waals surface area contributed by atoms with Gasteiger partial charge in [-0.2, -0.15) is 0 Å². The lowest BCUT2D eigenvalue weighted by Gasteiger charge is -2.35. The van der Waals surface area contributed by atoms with E-state index in [1.54, 1.807) is 0 Å². The number of aryl methyl sites for hydroxylation is 1. The Labute approximate surface area is 137 Å². The van der Waals surface area contributed by atoms with Gasteiger partial charge >= 0.3 is 0 Å². The Morgan fingerprint density at radius 3 is 2.74 bits per heavy atom. The number of rotatable bonds is 3. The Hall–Kier alpha value is -1.98. The number of likely N-dealkylation sites (N-methyl/N-ethyl adjacent to an activating group) is 1. The lowest BCUT2D eigenvalue weighted by atomic mass is 10.1. The molecule has 23 heavy (non-hydrogen) atoms. The van der Waals surface area contributed by atoms with Crippen molar-refractivity contribution >= 4 is 5.82 Å². The molecule has 0 spiro atoms. The first kappa shape index (κ1) is 15.9. The molecular formula is C18H24N4O. The molecule has 0 fully saturated rings. The van der Waals surface area contributed by atoms with Crippen molar-refractivity contribution in [2.75, 3.05) is 25.1 Å². The molecule has 1 N–H and O–H groups in total. The Bertz CT molecular complexity index is 647. The van der Waals surface area contributed by atoms with E-state index in [4.69, 9.17) is 4.98 Å². The van der Waals surface area contributed by atoms with E-state index in [1.165, 1.54) is 11.1 Å². The minimum absolute atomic E-state index is 0.100. The van der Waals surface area contributed by atoms with Crippen LogP contribution in [-0.2, 0) is 13.1 Å². The minimum Gasteiger partial charge on any atom is -0.394 e. The summed E-state index contributed by atoms with van der Waals surface area (Å²) in [4.78, 5) is 13.3. The molecule has 0 unspecified atom stereocenters. The van der Waals surface area contributed by atoms with Crippen molar-refractivity contribution in [2.24, 2.45) is 0 Å². The van der Waals surface area contributed by atoms with Crippen LogP contribution >= 0.6 is 0 Å². The maximum Gasteiger partial charge on any atom is 0.133 e. The summed E-state index contributed by atoms with van der Waals surface area (Å²) in [6.45, 7) is 4.86. The Kier molecular flexibility index (Phi) is 4.88. The van der Waals surface area contributed by atoms with Crippen LogP contribution in [0.4, 0.5) is 5.82 Å². The molecule has 0 bridgehead atoms. The van der Waals surface area contributed by atoms with Gasteiger partial charge in [0.2, 0.25) is 0 Å². The molecule has 5 nitrogen and oxygen atoms in total. The highest BCUT2D eigenvalue weighted by Crippen LogP contribution is 2.25. The molecule has 2 aromatic rings. The number of pyridine rings is 2. The van der Waals surface area contributed by atoms with Gasteiger partial charge in [0.1, 0.15) is 5.82 Å². The van der Waals surface area contributed by atoms with E-state index < -0.39 is 0 Å². The van der Waals surface area contributed by atoms with Crippen molar-refractivity contribution in [3.05, 3.63) is 53.5 Å². The van der Waals surface area contributed by atoms with Crippen LogP contribution < -0.4 is 4.90 Å². The molecule has 0 amide bonds. The third kappa shape index (κ3) is 3.68. The van der Waals surface area contributed by atoms with E-state index in [2.05, 4.69) is 39.0 Å². The van der Waals surface area contributed by atoms with Crippen molar-refractivity contribution in [1.82, 2.24) is 14.9 Å². The van der Waals surface area contributed by atoms with Crippen LogP contribution in [0.2, 0.25) is 0 Å². The predicted octanol–water partition coefficient (Wildman–Crippen LogP) is 1.99. The predicted molar refractivity (Wildman–Crippen MR) is 91.2 cm³/mol. The van der Waals surface area contributed by atoms with E-state index >= 15 is 0 Å². The first-order valence-corrected chi connectivity index (χ1v) is 8.09. The number of aromatic nitrogens is 2. The minimum atomic E-state index is 0.100. The van der Waals surface area contributed by atoms with Gasteiger partial charge in [0, 0.05) is 50.3 Å². The third-order valence-corrected chi connectivity index (χ3v) is 4.52.